The van der Waals surface area contributed by atoms with Crippen molar-refractivity contribution in [3.8, 4) is 11.6 Å². The molecule has 18 heteroatoms. The Bertz CT molecular complexity index is 1780. The van der Waals surface area contributed by atoms with E-state index in [1.165, 1.54) is 51.3 Å². The Hall–Kier alpha value is -5.94. The summed E-state index contributed by atoms with van der Waals surface area (Å²) in [5, 5.41) is 33.9. The number of hydrogen-bond acceptors (Lipinski definition) is 14. The minimum absolute atomic E-state index is 0.156. The third kappa shape index (κ3) is 4.80. The lowest BCUT2D eigenvalue weighted by Crippen LogP contribution is -2.09. The molecule has 0 amide bonds. The number of rotatable bonds is 8. The van der Waals surface area contributed by atoms with Crippen LogP contribution in [0, 0.1) is 13.8 Å². The van der Waals surface area contributed by atoms with Crippen molar-refractivity contribution in [3.05, 3.63) is 47.3 Å². The van der Waals surface area contributed by atoms with Gasteiger partial charge in [-0.25, -0.2) is 19.3 Å². The fraction of sp³-hybridized carbons (Fsp3) is 0.250. The van der Waals surface area contributed by atoms with Crippen molar-refractivity contribution in [2.75, 3.05) is 11.5 Å². The normalized spacial score (nSPS) is 11.8. The zero-order valence-corrected chi connectivity index (χ0v) is 23.5. The molecule has 5 heterocycles. The lowest BCUT2D eigenvalue weighted by molar-refractivity contribution is 0.101. The van der Waals surface area contributed by atoms with Gasteiger partial charge in [0.25, 0.3) is 0 Å². The number of Topliss-reactive ketones (excluding diaryl/α,β-unsaturated/α-hetero) is 2. The van der Waals surface area contributed by atoms with E-state index >= 15 is 0 Å². The second kappa shape index (κ2) is 10.6. The third-order valence-electron chi connectivity index (χ3n) is 6.26. The van der Waals surface area contributed by atoms with Crippen LogP contribution >= 0.6 is 0 Å². The molecular formula is C24H26N16O2. The van der Waals surface area contributed by atoms with Crippen LogP contribution in [0.3, 0.4) is 0 Å². The van der Waals surface area contributed by atoms with Crippen LogP contribution in [0.4, 0.5) is 34.6 Å². The van der Waals surface area contributed by atoms with Crippen molar-refractivity contribution in [2.45, 2.75) is 27.7 Å². The molecule has 18 nitrogen and oxygen atoms in total. The van der Waals surface area contributed by atoms with Crippen LogP contribution in [0.2, 0.25) is 0 Å². The number of carbonyl (C=O) groups excluding carboxylic acids is 2. The van der Waals surface area contributed by atoms with E-state index in [1.807, 2.05) is 0 Å². The van der Waals surface area contributed by atoms with Crippen molar-refractivity contribution in [3.63, 3.8) is 0 Å². The van der Waals surface area contributed by atoms with Gasteiger partial charge in [-0.3, -0.25) is 9.59 Å². The highest BCUT2D eigenvalue weighted by Crippen LogP contribution is 2.33. The average molecular weight is 571 g/mol. The number of aryl methyl sites for hydroxylation is 4. The fourth-order valence-corrected chi connectivity index (χ4v) is 4.03. The Balaban J connectivity index is 1.48. The monoisotopic (exact) mass is 570 g/mol. The van der Waals surface area contributed by atoms with E-state index in [2.05, 4.69) is 50.8 Å². The predicted molar refractivity (Wildman–Crippen MR) is 149 cm³/mol. The number of anilines is 2. The number of nitrogen functional groups attached to an aromatic ring is 2. The summed E-state index contributed by atoms with van der Waals surface area (Å²) in [5.74, 6) is 1.12. The first kappa shape index (κ1) is 27.6. The van der Waals surface area contributed by atoms with Gasteiger partial charge < -0.3 is 11.5 Å². The van der Waals surface area contributed by atoms with E-state index in [4.69, 9.17) is 11.5 Å². The maximum Gasteiger partial charge on any atom is 0.183 e. The van der Waals surface area contributed by atoms with Crippen molar-refractivity contribution < 1.29 is 9.59 Å². The maximum atomic E-state index is 11.9. The molecule has 0 unspecified atom stereocenters. The summed E-state index contributed by atoms with van der Waals surface area (Å²) in [6.07, 6.45) is 4.16. The molecule has 0 spiro atoms. The molecule has 0 aromatic carbocycles. The smallest absolute Gasteiger partial charge is 0.183 e. The van der Waals surface area contributed by atoms with Gasteiger partial charge in [0.2, 0.25) is 0 Å². The summed E-state index contributed by atoms with van der Waals surface area (Å²) in [7, 11) is 3.31. The number of nitrogens with two attached hydrogens (primary N) is 2. The number of hydrogen-bond donors (Lipinski definition) is 2. The Kier molecular flexibility index (Phi) is 6.94. The molecule has 0 atom stereocenters. The highest BCUT2D eigenvalue weighted by Gasteiger charge is 2.20. The van der Waals surface area contributed by atoms with E-state index < -0.39 is 0 Å². The van der Waals surface area contributed by atoms with Crippen molar-refractivity contribution >= 4 is 46.2 Å². The summed E-state index contributed by atoms with van der Waals surface area (Å²) >= 11 is 0. The topological polar surface area (TPSA) is 233 Å². The van der Waals surface area contributed by atoms with Gasteiger partial charge in [-0.15, -0.1) is 20.5 Å². The average Bonchev–Trinajstić information content (AvgIpc) is 3.66. The van der Waals surface area contributed by atoms with E-state index in [9.17, 15) is 9.59 Å². The fourth-order valence-electron chi connectivity index (χ4n) is 4.03. The molecule has 0 saturated heterocycles. The number of carbonyl (C=O) groups is 2. The standard InChI is InChI=1S/C24H26N16O2/c1-11-19(31-33-23-15(13(3)41)8-29-37(23)5)21(25)39(35-11)17-7-18(28-10-27-17)40-22(26)20(12(2)36-40)32-34-24-16(14(4)42)9-30-38(24)6/h7-10H,25-26H2,1-6H3. The Morgan fingerprint density at radius 1 is 0.714 bits per heavy atom. The molecular weight excluding hydrogens is 544 g/mol. The van der Waals surface area contributed by atoms with Crippen LogP contribution in [0.5, 0.6) is 0 Å². The van der Waals surface area contributed by atoms with Crippen molar-refractivity contribution in [1.82, 2.24) is 49.1 Å². The van der Waals surface area contributed by atoms with Crippen molar-refractivity contribution in [1.29, 1.82) is 0 Å². The first-order valence-corrected chi connectivity index (χ1v) is 12.4. The zero-order chi connectivity index (χ0) is 30.3. The zero-order valence-electron chi connectivity index (χ0n) is 23.5. The van der Waals surface area contributed by atoms with E-state index in [-0.39, 0.29) is 34.8 Å². The van der Waals surface area contributed by atoms with Crippen LogP contribution in [0.1, 0.15) is 46.0 Å². The molecule has 0 aliphatic carbocycles. The van der Waals surface area contributed by atoms with Gasteiger partial charge in [0.1, 0.15) is 6.33 Å². The molecule has 0 fully saturated rings. The quantitative estimate of drug-likeness (QED) is 0.204. The molecule has 214 valence electrons. The Labute approximate surface area is 237 Å². The van der Waals surface area contributed by atoms with Gasteiger partial charge in [-0.2, -0.15) is 29.8 Å². The summed E-state index contributed by atoms with van der Waals surface area (Å²) in [5.41, 5.74) is 15.0. The molecule has 42 heavy (non-hydrogen) atoms. The van der Waals surface area contributed by atoms with Crippen LogP contribution in [0.25, 0.3) is 11.6 Å². The van der Waals surface area contributed by atoms with Gasteiger partial charge in [0.15, 0.2) is 57.8 Å². The van der Waals surface area contributed by atoms with Crippen LogP contribution in [-0.4, -0.2) is 60.7 Å². The number of ketones is 2. The second-order valence-corrected chi connectivity index (χ2v) is 9.22. The largest absolute Gasteiger partial charge is 0.382 e. The Morgan fingerprint density at radius 2 is 1.12 bits per heavy atom. The molecule has 0 aliphatic heterocycles. The Morgan fingerprint density at radius 3 is 1.50 bits per heavy atom. The van der Waals surface area contributed by atoms with Crippen LogP contribution < -0.4 is 11.5 Å². The summed E-state index contributed by atoms with van der Waals surface area (Å²) in [4.78, 5) is 32.4. The number of nitrogens with zero attached hydrogens (tertiary/aromatic N) is 14. The van der Waals surface area contributed by atoms with Crippen LogP contribution in [-0.2, 0) is 14.1 Å². The predicted octanol–water partition coefficient (Wildman–Crippen LogP) is 3.33. The molecule has 0 bridgehead atoms. The first-order chi connectivity index (χ1) is 20.0. The second-order valence-electron chi connectivity index (χ2n) is 9.22. The van der Waals surface area contributed by atoms with Crippen LogP contribution in [0.15, 0.2) is 45.2 Å². The lowest BCUT2D eigenvalue weighted by atomic mass is 10.2. The van der Waals surface area contributed by atoms with Gasteiger partial charge >= 0.3 is 0 Å². The molecule has 5 rings (SSSR count). The highest BCUT2D eigenvalue weighted by atomic mass is 16.1. The molecule has 5 aromatic heterocycles. The van der Waals surface area contributed by atoms with E-state index in [0.29, 0.717) is 45.5 Å². The first-order valence-electron chi connectivity index (χ1n) is 12.4. The molecule has 5 aromatic rings. The summed E-state index contributed by atoms with van der Waals surface area (Å²) in [6, 6.07) is 1.58. The van der Waals surface area contributed by atoms with Gasteiger partial charge in [0, 0.05) is 20.2 Å². The molecule has 0 radical (unpaired) electrons. The number of azo groups is 2. The van der Waals surface area contributed by atoms with Gasteiger partial charge in [-0.05, 0) is 27.7 Å². The van der Waals surface area contributed by atoms with Gasteiger partial charge in [-0.1, -0.05) is 0 Å². The summed E-state index contributed by atoms with van der Waals surface area (Å²) < 4.78 is 5.64. The minimum atomic E-state index is -0.193. The molecule has 4 N–H and O–H groups in total. The van der Waals surface area contributed by atoms with E-state index in [0.717, 1.165) is 0 Å². The van der Waals surface area contributed by atoms with E-state index in [1.54, 1.807) is 34.0 Å². The number of aromatic nitrogens is 10. The maximum absolute atomic E-state index is 11.9. The minimum Gasteiger partial charge on any atom is -0.382 e. The molecule has 0 saturated carbocycles. The molecule has 0 aliphatic rings. The SMILES string of the molecule is CC(=O)c1cnn(C)c1N=Nc1c(C)nn(-c2cc(-n3nc(C)c(N=Nc4c(C(C)=O)cnn4C)c3N)ncn2)c1N. The summed E-state index contributed by atoms with van der Waals surface area (Å²) in [6.45, 7) is 6.27. The van der Waals surface area contributed by atoms with Crippen molar-refractivity contribution in [2.24, 2.45) is 34.6 Å². The third-order valence-corrected chi connectivity index (χ3v) is 6.26. The van der Waals surface area contributed by atoms with Gasteiger partial charge in [0.05, 0.1) is 34.9 Å². The highest BCUT2D eigenvalue weighted by molar-refractivity contribution is 5.98. The lowest BCUT2D eigenvalue weighted by Gasteiger charge is -2.06.